The summed E-state index contributed by atoms with van der Waals surface area (Å²) >= 11 is 0. The smallest absolute Gasteiger partial charge is 0.279 e. The second-order valence-electron chi connectivity index (χ2n) is 4.29. The van der Waals surface area contributed by atoms with Crippen LogP contribution in [0.25, 0.3) is 0 Å². The standard InChI is InChI=1S/C9H20N2O3S/c1-8-3-5-11(6-4-8)15(13,14)10-9(2)7-12/h8-10,12H,3-7H2,1-2H3/t9-/m1/s1. The molecule has 1 aliphatic heterocycles. The van der Waals surface area contributed by atoms with Gasteiger partial charge in [-0.15, -0.1) is 0 Å². The lowest BCUT2D eigenvalue weighted by molar-refractivity contribution is 0.254. The zero-order valence-electron chi connectivity index (χ0n) is 9.31. The molecule has 1 aliphatic rings. The van der Waals surface area contributed by atoms with E-state index < -0.39 is 16.3 Å². The lowest BCUT2D eigenvalue weighted by atomic mass is 10.0. The molecule has 1 fully saturated rings. The van der Waals surface area contributed by atoms with Gasteiger partial charge in [0, 0.05) is 19.1 Å². The number of hydrogen-bond acceptors (Lipinski definition) is 3. The summed E-state index contributed by atoms with van der Waals surface area (Å²) in [6.45, 7) is 4.75. The second-order valence-corrected chi connectivity index (χ2v) is 5.99. The van der Waals surface area contributed by atoms with E-state index in [9.17, 15) is 8.42 Å². The van der Waals surface area contributed by atoms with Crippen molar-refractivity contribution in [2.45, 2.75) is 32.7 Å². The topological polar surface area (TPSA) is 69.6 Å². The maximum absolute atomic E-state index is 11.8. The number of aliphatic hydroxyl groups excluding tert-OH is 1. The highest BCUT2D eigenvalue weighted by Gasteiger charge is 2.27. The minimum atomic E-state index is -3.39. The lowest BCUT2D eigenvalue weighted by Crippen LogP contribution is -2.48. The van der Waals surface area contributed by atoms with Gasteiger partial charge in [-0.3, -0.25) is 0 Å². The van der Waals surface area contributed by atoms with Gasteiger partial charge in [-0.25, -0.2) is 0 Å². The minimum absolute atomic E-state index is 0.177. The van der Waals surface area contributed by atoms with Crippen molar-refractivity contribution < 1.29 is 13.5 Å². The van der Waals surface area contributed by atoms with Crippen LogP contribution in [0.1, 0.15) is 26.7 Å². The lowest BCUT2D eigenvalue weighted by Gasteiger charge is -2.30. The molecule has 0 aromatic heterocycles. The number of hydrogen-bond donors (Lipinski definition) is 2. The van der Waals surface area contributed by atoms with Crippen molar-refractivity contribution in [3.63, 3.8) is 0 Å². The summed E-state index contributed by atoms with van der Waals surface area (Å²) in [4.78, 5) is 0. The Kier molecular flexibility index (Phi) is 4.51. The molecule has 5 nitrogen and oxygen atoms in total. The van der Waals surface area contributed by atoms with E-state index in [1.807, 2.05) is 0 Å². The molecule has 2 N–H and O–H groups in total. The SMILES string of the molecule is CC1CCN(S(=O)(=O)N[C@H](C)CO)CC1. The van der Waals surface area contributed by atoms with Gasteiger partial charge in [0.05, 0.1) is 6.61 Å². The van der Waals surface area contributed by atoms with E-state index in [2.05, 4.69) is 11.6 Å². The summed E-state index contributed by atoms with van der Waals surface area (Å²) in [6.07, 6.45) is 1.82. The van der Waals surface area contributed by atoms with Crippen LogP contribution in [0.15, 0.2) is 0 Å². The quantitative estimate of drug-likeness (QED) is 0.718. The number of aliphatic hydroxyl groups is 1. The average Bonchev–Trinajstić information content (AvgIpc) is 2.17. The van der Waals surface area contributed by atoms with Crippen molar-refractivity contribution in [1.29, 1.82) is 0 Å². The molecule has 0 bridgehead atoms. The third-order valence-corrected chi connectivity index (χ3v) is 4.45. The Hall–Kier alpha value is -0.170. The molecule has 1 heterocycles. The van der Waals surface area contributed by atoms with E-state index in [0.29, 0.717) is 19.0 Å². The van der Waals surface area contributed by atoms with Crippen LogP contribution in [0, 0.1) is 5.92 Å². The molecule has 15 heavy (non-hydrogen) atoms. The fourth-order valence-corrected chi connectivity index (χ4v) is 3.01. The van der Waals surface area contributed by atoms with Crippen LogP contribution < -0.4 is 4.72 Å². The largest absolute Gasteiger partial charge is 0.395 e. The Balaban J connectivity index is 2.54. The Labute approximate surface area is 91.7 Å². The van der Waals surface area contributed by atoms with Crippen LogP contribution in [0.2, 0.25) is 0 Å². The zero-order valence-corrected chi connectivity index (χ0v) is 10.1. The van der Waals surface area contributed by atoms with Gasteiger partial charge in [-0.1, -0.05) is 6.92 Å². The maximum Gasteiger partial charge on any atom is 0.279 e. The van der Waals surface area contributed by atoms with Gasteiger partial charge < -0.3 is 5.11 Å². The van der Waals surface area contributed by atoms with Crippen molar-refractivity contribution in [2.24, 2.45) is 5.92 Å². The average molecular weight is 236 g/mol. The molecular weight excluding hydrogens is 216 g/mol. The van der Waals surface area contributed by atoms with E-state index in [0.717, 1.165) is 12.8 Å². The Bertz CT molecular complexity index is 284. The summed E-state index contributed by atoms with van der Waals surface area (Å²) in [5, 5.41) is 8.79. The van der Waals surface area contributed by atoms with E-state index in [1.165, 1.54) is 4.31 Å². The molecule has 1 atom stereocenters. The highest BCUT2D eigenvalue weighted by Crippen LogP contribution is 2.17. The molecule has 0 radical (unpaired) electrons. The molecule has 0 aromatic rings. The summed E-state index contributed by atoms with van der Waals surface area (Å²) in [7, 11) is -3.39. The van der Waals surface area contributed by atoms with Gasteiger partial charge in [0.25, 0.3) is 10.2 Å². The molecule has 0 unspecified atom stereocenters. The fraction of sp³-hybridized carbons (Fsp3) is 1.00. The molecule has 0 spiro atoms. The van der Waals surface area contributed by atoms with Gasteiger partial charge in [0.2, 0.25) is 0 Å². The van der Waals surface area contributed by atoms with E-state index in [4.69, 9.17) is 5.11 Å². The molecule has 0 aliphatic carbocycles. The fourth-order valence-electron chi connectivity index (χ4n) is 1.59. The Morgan fingerprint density at radius 2 is 2.00 bits per heavy atom. The number of nitrogens with zero attached hydrogens (tertiary/aromatic N) is 1. The number of piperidine rings is 1. The Morgan fingerprint density at radius 1 is 1.47 bits per heavy atom. The van der Waals surface area contributed by atoms with Crippen molar-refractivity contribution in [3.05, 3.63) is 0 Å². The predicted molar refractivity (Wildman–Crippen MR) is 58.6 cm³/mol. The molecule has 0 aromatic carbocycles. The minimum Gasteiger partial charge on any atom is -0.395 e. The second kappa shape index (κ2) is 5.25. The maximum atomic E-state index is 11.8. The van der Waals surface area contributed by atoms with Gasteiger partial charge in [0.1, 0.15) is 0 Å². The summed E-state index contributed by atoms with van der Waals surface area (Å²) in [5.41, 5.74) is 0. The van der Waals surface area contributed by atoms with Crippen molar-refractivity contribution in [1.82, 2.24) is 9.03 Å². The molecule has 90 valence electrons. The highest BCUT2D eigenvalue weighted by atomic mass is 32.2. The van der Waals surface area contributed by atoms with Crippen molar-refractivity contribution in [2.75, 3.05) is 19.7 Å². The molecule has 0 amide bonds. The summed E-state index contributed by atoms with van der Waals surface area (Å²) < 4.78 is 27.4. The summed E-state index contributed by atoms with van der Waals surface area (Å²) in [6, 6.07) is -0.422. The van der Waals surface area contributed by atoms with Gasteiger partial charge in [-0.05, 0) is 25.7 Å². The first kappa shape index (κ1) is 12.9. The van der Waals surface area contributed by atoms with Gasteiger partial charge in [0.15, 0.2) is 0 Å². The first-order valence-electron chi connectivity index (χ1n) is 5.34. The Morgan fingerprint density at radius 3 is 2.47 bits per heavy atom. The normalized spacial score (nSPS) is 22.9. The molecule has 1 saturated heterocycles. The molecule has 1 rings (SSSR count). The van der Waals surface area contributed by atoms with E-state index >= 15 is 0 Å². The predicted octanol–water partition coefficient (Wildman–Crippen LogP) is -0.0665. The van der Waals surface area contributed by atoms with Crippen LogP contribution >= 0.6 is 0 Å². The third kappa shape index (κ3) is 3.71. The molecule has 6 heteroatoms. The molecule has 0 saturated carbocycles. The van der Waals surface area contributed by atoms with Gasteiger partial charge in [-0.2, -0.15) is 17.4 Å². The van der Waals surface area contributed by atoms with Gasteiger partial charge >= 0.3 is 0 Å². The van der Waals surface area contributed by atoms with Crippen molar-refractivity contribution in [3.8, 4) is 0 Å². The number of rotatable bonds is 4. The monoisotopic (exact) mass is 236 g/mol. The van der Waals surface area contributed by atoms with Crippen LogP contribution in [0.5, 0.6) is 0 Å². The first-order valence-corrected chi connectivity index (χ1v) is 6.78. The zero-order chi connectivity index (χ0) is 11.5. The first-order chi connectivity index (χ1) is 6.95. The van der Waals surface area contributed by atoms with Crippen LogP contribution in [0.4, 0.5) is 0 Å². The van der Waals surface area contributed by atoms with Crippen LogP contribution in [-0.2, 0) is 10.2 Å². The molecular formula is C9H20N2O3S. The highest BCUT2D eigenvalue weighted by molar-refractivity contribution is 7.87. The van der Waals surface area contributed by atoms with E-state index in [-0.39, 0.29) is 6.61 Å². The van der Waals surface area contributed by atoms with Crippen LogP contribution in [-0.4, -0.2) is 43.6 Å². The number of nitrogens with one attached hydrogen (secondary N) is 1. The van der Waals surface area contributed by atoms with E-state index in [1.54, 1.807) is 6.92 Å². The summed E-state index contributed by atoms with van der Waals surface area (Å²) in [5.74, 6) is 0.603. The van der Waals surface area contributed by atoms with Crippen LogP contribution in [0.3, 0.4) is 0 Å². The third-order valence-electron chi connectivity index (χ3n) is 2.71. The van der Waals surface area contributed by atoms with Crippen molar-refractivity contribution >= 4 is 10.2 Å².